The zero-order chi connectivity index (χ0) is 25.5. The van der Waals surface area contributed by atoms with E-state index in [1.54, 1.807) is 7.11 Å². The number of ether oxygens (including phenoxy) is 1. The van der Waals surface area contributed by atoms with Gasteiger partial charge in [-0.2, -0.15) is 0 Å². The van der Waals surface area contributed by atoms with Crippen LogP contribution in [0, 0.1) is 12.8 Å². The highest BCUT2D eigenvalue weighted by molar-refractivity contribution is 5.79. The number of carbonyl (C=O) groups excluding carboxylic acids is 1. The summed E-state index contributed by atoms with van der Waals surface area (Å²) in [7, 11) is 3.92. The molecule has 0 bridgehead atoms. The zero-order valence-electron chi connectivity index (χ0n) is 22.8. The number of benzene rings is 1. The van der Waals surface area contributed by atoms with Crippen molar-refractivity contribution in [1.29, 1.82) is 0 Å². The average Bonchev–Trinajstić information content (AvgIpc) is 3.19. The standard InChI is InChI=1S/C31H45N3O2/c1-5-26(22-32(3)21-25-13-7-6-8-14-25)31(35)33-18-11-15-27(23-33)30-24(2)28-16-9-10-17-29(28)34(30)19-12-20-36-4/h6-9,13-14,16,26-27H,5,10-12,15,17-23H2,1-4H3/t26-,27?/m0/s1. The Kier molecular flexibility index (Phi) is 9.44. The first kappa shape index (κ1) is 26.7. The molecule has 1 aromatic heterocycles. The third-order valence-corrected chi connectivity index (χ3v) is 8.07. The van der Waals surface area contributed by atoms with Gasteiger partial charge in [-0.1, -0.05) is 49.4 Å². The highest BCUT2D eigenvalue weighted by Crippen LogP contribution is 2.37. The van der Waals surface area contributed by atoms with Crippen LogP contribution in [-0.2, 0) is 29.0 Å². The summed E-state index contributed by atoms with van der Waals surface area (Å²) >= 11 is 0. The normalized spacial score (nSPS) is 18.5. The third kappa shape index (κ3) is 6.12. The number of carbonyl (C=O) groups is 1. The topological polar surface area (TPSA) is 37.7 Å². The van der Waals surface area contributed by atoms with Gasteiger partial charge in [-0.25, -0.2) is 0 Å². The summed E-state index contributed by atoms with van der Waals surface area (Å²) in [5.74, 6) is 0.786. The molecule has 2 atom stereocenters. The van der Waals surface area contributed by atoms with E-state index in [1.807, 2.05) is 0 Å². The van der Waals surface area contributed by atoms with Crippen molar-refractivity contribution >= 4 is 12.0 Å². The average molecular weight is 492 g/mol. The van der Waals surface area contributed by atoms with E-state index in [0.29, 0.717) is 11.8 Å². The van der Waals surface area contributed by atoms with Gasteiger partial charge in [-0.15, -0.1) is 0 Å². The van der Waals surface area contributed by atoms with Gasteiger partial charge in [0.25, 0.3) is 0 Å². The Balaban J connectivity index is 1.48. The summed E-state index contributed by atoms with van der Waals surface area (Å²) in [4.78, 5) is 18.2. The van der Waals surface area contributed by atoms with Crippen LogP contribution in [0.1, 0.15) is 73.0 Å². The van der Waals surface area contributed by atoms with E-state index in [0.717, 1.165) is 77.9 Å². The number of hydrogen-bond acceptors (Lipinski definition) is 3. The van der Waals surface area contributed by atoms with Crippen molar-refractivity contribution in [1.82, 2.24) is 14.4 Å². The Labute approximate surface area is 218 Å². The summed E-state index contributed by atoms with van der Waals surface area (Å²) < 4.78 is 7.97. The Bertz CT molecular complexity index is 1030. The molecule has 5 heteroatoms. The van der Waals surface area contributed by atoms with Gasteiger partial charge in [0.15, 0.2) is 0 Å². The lowest BCUT2D eigenvalue weighted by Gasteiger charge is -2.36. The fraction of sp³-hybridized carbons (Fsp3) is 0.581. The smallest absolute Gasteiger partial charge is 0.226 e. The van der Waals surface area contributed by atoms with Crippen LogP contribution >= 0.6 is 0 Å². The number of nitrogens with zero attached hydrogens (tertiary/aromatic N) is 3. The van der Waals surface area contributed by atoms with E-state index < -0.39 is 0 Å². The van der Waals surface area contributed by atoms with Crippen LogP contribution in [0.2, 0.25) is 0 Å². The Morgan fingerprint density at radius 3 is 2.81 bits per heavy atom. The number of allylic oxidation sites excluding steroid dienone is 1. The molecule has 1 amide bonds. The molecule has 0 saturated carbocycles. The molecule has 2 aromatic rings. The maximum Gasteiger partial charge on any atom is 0.226 e. The van der Waals surface area contributed by atoms with Crippen molar-refractivity contribution in [3.8, 4) is 0 Å². The fourth-order valence-electron chi connectivity index (χ4n) is 6.29. The Morgan fingerprint density at radius 2 is 2.06 bits per heavy atom. The van der Waals surface area contributed by atoms with Crippen molar-refractivity contribution in [2.24, 2.45) is 5.92 Å². The van der Waals surface area contributed by atoms with Crippen LogP contribution in [0.15, 0.2) is 36.4 Å². The quantitative estimate of drug-likeness (QED) is 0.381. The number of likely N-dealkylation sites (tertiary alicyclic amines) is 1. The highest BCUT2D eigenvalue weighted by atomic mass is 16.5. The molecule has 5 nitrogen and oxygen atoms in total. The van der Waals surface area contributed by atoms with Crippen molar-refractivity contribution in [2.45, 2.75) is 71.4 Å². The number of amides is 1. The summed E-state index contributed by atoms with van der Waals surface area (Å²) in [6.45, 7) is 9.64. The SMILES string of the molecule is CC[C@@H](CN(C)Cc1ccccc1)C(=O)N1CCCC(c2c(C)c3c(n2CCCOC)CCC=C3)C1. The second-order valence-electron chi connectivity index (χ2n) is 10.7. The van der Waals surface area contributed by atoms with Crippen LogP contribution < -0.4 is 0 Å². The van der Waals surface area contributed by atoms with E-state index in [4.69, 9.17) is 4.74 Å². The van der Waals surface area contributed by atoms with Crippen molar-refractivity contribution in [3.63, 3.8) is 0 Å². The molecule has 0 radical (unpaired) electrons. The Hall–Kier alpha value is -2.37. The lowest BCUT2D eigenvalue weighted by molar-refractivity contribution is -0.137. The minimum atomic E-state index is 0.0446. The molecule has 2 aliphatic rings. The molecule has 1 unspecified atom stereocenters. The molecule has 2 heterocycles. The molecule has 1 aliphatic carbocycles. The number of hydrogen-bond donors (Lipinski definition) is 0. The molecular weight excluding hydrogens is 446 g/mol. The molecule has 1 aliphatic heterocycles. The van der Waals surface area contributed by atoms with E-state index in [-0.39, 0.29) is 5.92 Å². The molecule has 196 valence electrons. The molecule has 1 saturated heterocycles. The van der Waals surface area contributed by atoms with Gasteiger partial charge >= 0.3 is 0 Å². The highest BCUT2D eigenvalue weighted by Gasteiger charge is 2.33. The molecule has 4 rings (SSSR count). The number of fused-ring (bicyclic) bond motifs is 1. The van der Waals surface area contributed by atoms with Gasteiger partial charge < -0.3 is 19.1 Å². The Morgan fingerprint density at radius 1 is 1.25 bits per heavy atom. The van der Waals surface area contributed by atoms with Crippen LogP contribution in [0.25, 0.3) is 6.08 Å². The first-order chi connectivity index (χ1) is 17.5. The van der Waals surface area contributed by atoms with Gasteiger partial charge in [0, 0.05) is 63.7 Å². The number of methoxy groups -OCH3 is 1. The van der Waals surface area contributed by atoms with Gasteiger partial charge in [0.1, 0.15) is 0 Å². The van der Waals surface area contributed by atoms with Gasteiger partial charge in [0.05, 0.1) is 5.92 Å². The summed E-state index contributed by atoms with van der Waals surface area (Å²) in [6.07, 6.45) is 11.0. The van der Waals surface area contributed by atoms with E-state index in [2.05, 4.69) is 77.7 Å². The van der Waals surface area contributed by atoms with Crippen molar-refractivity contribution in [2.75, 3.05) is 40.4 Å². The minimum Gasteiger partial charge on any atom is -0.385 e. The second kappa shape index (κ2) is 12.7. The largest absolute Gasteiger partial charge is 0.385 e. The number of aromatic nitrogens is 1. The second-order valence-corrected chi connectivity index (χ2v) is 10.7. The van der Waals surface area contributed by atoms with Crippen LogP contribution in [0.5, 0.6) is 0 Å². The van der Waals surface area contributed by atoms with Gasteiger partial charge in [0.2, 0.25) is 5.91 Å². The molecule has 36 heavy (non-hydrogen) atoms. The van der Waals surface area contributed by atoms with E-state index in [1.165, 1.54) is 28.1 Å². The van der Waals surface area contributed by atoms with Crippen molar-refractivity contribution < 1.29 is 9.53 Å². The maximum absolute atomic E-state index is 13.7. The predicted octanol–water partition coefficient (Wildman–Crippen LogP) is 5.66. The number of rotatable bonds is 11. The minimum absolute atomic E-state index is 0.0446. The molecule has 0 N–H and O–H groups in total. The van der Waals surface area contributed by atoms with Crippen molar-refractivity contribution in [3.05, 3.63) is 64.5 Å². The number of piperidine rings is 1. The molecule has 1 fully saturated rings. The lowest BCUT2D eigenvalue weighted by Crippen LogP contribution is -2.45. The van der Waals surface area contributed by atoms with E-state index in [9.17, 15) is 4.79 Å². The first-order valence-corrected chi connectivity index (χ1v) is 13.9. The fourth-order valence-corrected chi connectivity index (χ4v) is 6.29. The maximum atomic E-state index is 13.7. The van der Waals surface area contributed by atoms with E-state index >= 15 is 0 Å². The lowest BCUT2D eigenvalue weighted by atomic mass is 9.90. The monoisotopic (exact) mass is 491 g/mol. The van der Waals surface area contributed by atoms with Gasteiger partial charge in [-0.3, -0.25) is 4.79 Å². The van der Waals surface area contributed by atoms with Crippen LogP contribution in [0.4, 0.5) is 0 Å². The summed E-state index contributed by atoms with van der Waals surface area (Å²) in [5, 5.41) is 0. The molecule has 0 spiro atoms. The summed E-state index contributed by atoms with van der Waals surface area (Å²) in [5.41, 5.74) is 7.09. The third-order valence-electron chi connectivity index (χ3n) is 8.07. The van der Waals surface area contributed by atoms with Gasteiger partial charge in [-0.05, 0) is 69.2 Å². The molecular formula is C31H45N3O2. The predicted molar refractivity (Wildman–Crippen MR) is 148 cm³/mol. The zero-order valence-corrected chi connectivity index (χ0v) is 22.8. The first-order valence-electron chi connectivity index (χ1n) is 13.9. The van der Waals surface area contributed by atoms with Crippen LogP contribution in [0.3, 0.4) is 0 Å². The summed E-state index contributed by atoms with van der Waals surface area (Å²) in [6, 6.07) is 10.5. The molecule has 1 aromatic carbocycles. The van der Waals surface area contributed by atoms with Crippen LogP contribution in [-0.4, -0.2) is 60.7 Å².